The maximum atomic E-state index is 13.3. The fraction of sp³-hybridized carbons (Fsp3) is 0.348. The van der Waals surface area contributed by atoms with Crippen molar-refractivity contribution in [2.45, 2.75) is 50.1 Å². The van der Waals surface area contributed by atoms with Gasteiger partial charge in [-0.05, 0) is 50.1 Å². The van der Waals surface area contributed by atoms with E-state index in [1.807, 2.05) is 67.1 Å². The van der Waals surface area contributed by atoms with Crippen molar-refractivity contribution in [3.8, 4) is 5.75 Å². The molecule has 1 amide bonds. The molecule has 2 atom stereocenters. The molecule has 2 N–H and O–H groups in total. The Labute approximate surface area is 186 Å². The summed E-state index contributed by atoms with van der Waals surface area (Å²) in [6, 6.07) is 15.4. The zero-order chi connectivity index (χ0) is 21.8. The minimum atomic E-state index is -0.412. The number of hydrogen-bond acceptors (Lipinski definition) is 6. The Balaban J connectivity index is 1.64. The summed E-state index contributed by atoms with van der Waals surface area (Å²) in [5.41, 5.74) is 6.42. The quantitative estimate of drug-likeness (QED) is 0.572. The number of nitrogens with one attached hydrogen (secondary N) is 2. The molecule has 0 fully saturated rings. The number of carbonyl (C=O) groups is 1. The van der Waals surface area contributed by atoms with Gasteiger partial charge in [-0.25, -0.2) is 4.68 Å². The number of nitrogens with zero attached hydrogens (tertiary/aromatic N) is 3. The van der Waals surface area contributed by atoms with Crippen molar-refractivity contribution in [1.82, 2.24) is 14.9 Å². The molecule has 1 aliphatic rings. The number of amides is 1. The SMILES string of the molecule is CCCc1nnc2n1N[C@@H](c1ccc(OCC)cc1)[C@@H](C(=O)Nc1ccc(C)cc1)S2. The molecule has 2 aromatic carbocycles. The Morgan fingerprint density at radius 3 is 2.55 bits per heavy atom. The van der Waals surface area contributed by atoms with E-state index < -0.39 is 5.25 Å². The normalized spacial score (nSPS) is 17.5. The first kappa shape index (κ1) is 21.2. The molecule has 0 spiro atoms. The van der Waals surface area contributed by atoms with Crippen molar-refractivity contribution in [3.05, 3.63) is 65.5 Å². The van der Waals surface area contributed by atoms with E-state index in [2.05, 4.69) is 27.9 Å². The fourth-order valence-corrected chi connectivity index (χ4v) is 4.62. The van der Waals surface area contributed by atoms with Crippen LogP contribution in [0.1, 0.15) is 43.3 Å². The maximum Gasteiger partial charge on any atom is 0.240 e. The van der Waals surface area contributed by atoms with Crippen LogP contribution in [0.3, 0.4) is 0 Å². The van der Waals surface area contributed by atoms with Crippen LogP contribution in [0.4, 0.5) is 5.69 Å². The number of ether oxygens (including phenoxy) is 1. The zero-order valence-corrected chi connectivity index (χ0v) is 18.8. The second kappa shape index (κ2) is 9.43. The summed E-state index contributed by atoms with van der Waals surface area (Å²) < 4.78 is 7.50. The fourth-order valence-electron chi connectivity index (χ4n) is 3.52. The van der Waals surface area contributed by atoms with Crippen LogP contribution in [0.5, 0.6) is 5.75 Å². The average Bonchev–Trinajstić information content (AvgIpc) is 3.17. The second-order valence-electron chi connectivity index (χ2n) is 7.49. The van der Waals surface area contributed by atoms with Gasteiger partial charge in [-0.1, -0.05) is 48.5 Å². The van der Waals surface area contributed by atoms with Crippen LogP contribution >= 0.6 is 11.8 Å². The van der Waals surface area contributed by atoms with Crippen LogP contribution in [-0.2, 0) is 11.2 Å². The van der Waals surface area contributed by atoms with Crippen LogP contribution < -0.4 is 15.5 Å². The third-order valence-corrected chi connectivity index (χ3v) is 6.32. The van der Waals surface area contributed by atoms with E-state index in [4.69, 9.17) is 4.74 Å². The molecule has 1 aromatic heterocycles. The lowest BCUT2D eigenvalue weighted by Gasteiger charge is -2.33. The molecule has 0 saturated carbocycles. The highest BCUT2D eigenvalue weighted by Crippen LogP contribution is 2.38. The lowest BCUT2D eigenvalue weighted by atomic mass is 10.0. The third kappa shape index (κ3) is 4.69. The van der Waals surface area contributed by atoms with Gasteiger partial charge in [0, 0.05) is 12.1 Å². The monoisotopic (exact) mass is 437 g/mol. The summed E-state index contributed by atoms with van der Waals surface area (Å²) in [7, 11) is 0. The van der Waals surface area contributed by atoms with Gasteiger partial charge in [0.2, 0.25) is 11.1 Å². The molecule has 0 unspecified atom stereocenters. The summed E-state index contributed by atoms with van der Waals surface area (Å²) in [5, 5.41) is 12.0. The van der Waals surface area contributed by atoms with Gasteiger partial charge in [0.05, 0.1) is 12.6 Å². The molecule has 4 rings (SSSR count). The van der Waals surface area contributed by atoms with E-state index in [1.165, 1.54) is 11.8 Å². The predicted molar refractivity (Wildman–Crippen MR) is 123 cm³/mol. The molecule has 0 radical (unpaired) electrons. The van der Waals surface area contributed by atoms with E-state index in [1.54, 1.807) is 0 Å². The van der Waals surface area contributed by atoms with Crippen molar-refractivity contribution in [3.63, 3.8) is 0 Å². The molecule has 7 nitrogen and oxygen atoms in total. The van der Waals surface area contributed by atoms with E-state index in [0.717, 1.165) is 41.2 Å². The highest BCUT2D eigenvalue weighted by atomic mass is 32.2. The number of thioether (sulfide) groups is 1. The number of aryl methyl sites for hydroxylation is 2. The Bertz CT molecular complexity index is 1030. The Hall–Kier alpha value is -3.00. The van der Waals surface area contributed by atoms with Crippen molar-refractivity contribution in [2.24, 2.45) is 0 Å². The van der Waals surface area contributed by atoms with E-state index in [0.29, 0.717) is 11.8 Å². The van der Waals surface area contributed by atoms with Crippen LogP contribution in [0.25, 0.3) is 0 Å². The summed E-state index contributed by atoms with van der Waals surface area (Å²) in [6.45, 7) is 6.71. The standard InChI is InChI=1S/C23H27N5O2S/c1-4-6-19-25-26-23-28(19)27-20(16-9-13-18(14-10-16)30-5-2)21(31-23)22(29)24-17-11-7-15(3)8-12-17/h7-14,20-21,27H,4-6H2,1-3H3,(H,24,29)/t20-,21-/m0/s1. The molecule has 2 heterocycles. The van der Waals surface area contributed by atoms with Crippen LogP contribution in [0, 0.1) is 6.92 Å². The molecule has 0 aliphatic carbocycles. The van der Waals surface area contributed by atoms with E-state index in [9.17, 15) is 4.79 Å². The molecule has 0 bridgehead atoms. The highest BCUT2D eigenvalue weighted by Gasteiger charge is 2.37. The van der Waals surface area contributed by atoms with Gasteiger partial charge in [-0.15, -0.1) is 10.2 Å². The predicted octanol–water partition coefficient (Wildman–Crippen LogP) is 4.34. The van der Waals surface area contributed by atoms with Gasteiger partial charge >= 0.3 is 0 Å². The lowest BCUT2D eigenvalue weighted by molar-refractivity contribution is -0.116. The van der Waals surface area contributed by atoms with E-state index in [-0.39, 0.29) is 11.9 Å². The van der Waals surface area contributed by atoms with Crippen LogP contribution in [-0.4, -0.2) is 32.6 Å². The number of carbonyl (C=O) groups excluding carboxylic acids is 1. The van der Waals surface area contributed by atoms with Crippen LogP contribution in [0.2, 0.25) is 0 Å². The van der Waals surface area contributed by atoms with Crippen molar-refractivity contribution >= 4 is 23.4 Å². The summed E-state index contributed by atoms with van der Waals surface area (Å²) >= 11 is 1.44. The van der Waals surface area contributed by atoms with Gasteiger partial charge in [0.1, 0.15) is 11.0 Å². The molecule has 1 aliphatic heterocycles. The summed E-state index contributed by atoms with van der Waals surface area (Å²) in [5.74, 6) is 1.61. The van der Waals surface area contributed by atoms with Crippen molar-refractivity contribution in [1.29, 1.82) is 0 Å². The van der Waals surface area contributed by atoms with Gasteiger partial charge in [0.15, 0.2) is 5.82 Å². The largest absolute Gasteiger partial charge is 0.494 e. The summed E-state index contributed by atoms with van der Waals surface area (Å²) in [6.07, 6.45) is 1.78. The van der Waals surface area contributed by atoms with Crippen molar-refractivity contribution in [2.75, 3.05) is 17.3 Å². The highest BCUT2D eigenvalue weighted by molar-refractivity contribution is 8.00. The first-order chi connectivity index (χ1) is 15.1. The minimum Gasteiger partial charge on any atom is -0.494 e. The number of rotatable bonds is 7. The number of anilines is 1. The van der Waals surface area contributed by atoms with Gasteiger partial charge in [0.25, 0.3) is 0 Å². The zero-order valence-electron chi connectivity index (χ0n) is 18.0. The molecule has 31 heavy (non-hydrogen) atoms. The molecule has 8 heteroatoms. The lowest BCUT2D eigenvalue weighted by Crippen LogP contribution is -2.41. The van der Waals surface area contributed by atoms with Crippen molar-refractivity contribution < 1.29 is 9.53 Å². The average molecular weight is 438 g/mol. The topological polar surface area (TPSA) is 81.1 Å². The maximum absolute atomic E-state index is 13.3. The smallest absolute Gasteiger partial charge is 0.240 e. The number of benzene rings is 2. The van der Waals surface area contributed by atoms with Gasteiger partial charge in [-0.3, -0.25) is 4.79 Å². The molecule has 3 aromatic rings. The second-order valence-corrected chi connectivity index (χ2v) is 8.60. The number of fused-ring (bicyclic) bond motifs is 1. The molecule has 162 valence electrons. The van der Waals surface area contributed by atoms with E-state index >= 15 is 0 Å². The first-order valence-electron chi connectivity index (χ1n) is 10.6. The molecular formula is C23H27N5O2S. The Kier molecular flexibility index (Phi) is 6.46. The molecular weight excluding hydrogens is 410 g/mol. The van der Waals surface area contributed by atoms with Crippen LogP contribution in [0.15, 0.2) is 53.7 Å². The number of hydrogen-bond donors (Lipinski definition) is 2. The first-order valence-corrected chi connectivity index (χ1v) is 11.4. The van der Waals surface area contributed by atoms with Gasteiger partial charge in [-0.2, -0.15) is 0 Å². The summed E-state index contributed by atoms with van der Waals surface area (Å²) in [4.78, 5) is 13.3. The Morgan fingerprint density at radius 2 is 1.87 bits per heavy atom. The third-order valence-electron chi connectivity index (χ3n) is 5.11. The minimum absolute atomic E-state index is 0.0773. The number of aromatic nitrogens is 3. The van der Waals surface area contributed by atoms with Gasteiger partial charge < -0.3 is 15.5 Å². The Morgan fingerprint density at radius 1 is 1.13 bits per heavy atom. The molecule has 0 saturated heterocycles.